The lowest BCUT2D eigenvalue weighted by atomic mass is 9.85. The zero-order valence-electron chi connectivity index (χ0n) is 20.5. The first kappa shape index (κ1) is 27.6. The van der Waals surface area contributed by atoms with Gasteiger partial charge in [-0.1, -0.05) is 36.1 Å². The van der Waals surface area contributed by atoms with Gasteiger partial charge in [0.2, 0.25) is 11.5 Å². The molecule has 2 aromatic rings. The number of allylic oxidation sites excluding steroid dienone is 1. The lowest BCUT2D eigenvalue weighted by Crippen LogP contribution is -2.32. The molecule has 1 heterocycles. The number of Topliss-reactive ketones (excluding diaryl/α,β-unsaturated/α-hetero) is 1. The number of aromatic nitrogens is 1. The van der Waals surface area contributed by atoms with Crippen molar-refractivity contribution in [2.75, 3.05) is 28.4 Å². The standard InChI is InChI=1S/C25H25NO10/c1-13-14(2)36-22(26-13)20(21(28)15-10-8-7-9-11-15)19(25(31)35-6)18(24(30)34-5)16(23(29)33-4)12-17(27)32-3/h7-11,18,27H,1-6H3/b20-19+. The van der Waals surface area contributed by atoms with Crippen LogP contribution in [0.5, 0.6) is 0 Å². The molecule has 0 saturated heterocycles. The number of esters is 3. The van der Waals surface area contributed by atoms with Gasteiger partial charge < -0.3 is 28.5 Å². The molecule has 0 radical (unpaired) electrons. The molecule has 1 N–H and O–H groups in total. The van der Waals surface area contributed by atoms with Gasteiger partial charge in [-0.3, -0.25) is 9.59 Å². The summed E-state index contributed by atoms with van der Waals surface area (Å²) in [6, 6.07) is 7.81. The normalized spacial score (nSPS) is 11.8. The predicted molar refractivity (Wildman–Crippen MR) is 120 cm³/mol. The van der Waals surface area contributed by atoms with Crippen molar-refractivity contribution in [1.29, 1.82) is 0 Å². The summed E-state index contributed by atoms with van der Waals surface area (Å²) < 4.78 is 24.6. The number of nitrogens with one attached hydrogen (secondary N) is 1. The van der Waals surface area contributed by atoms with Crippen molar-refractivity contribution < 1.29 is 52.6 Å². The molecule has 1 unspecified atom stereocenters. The summed E-state index contributed by atoms with van der Waals surface area (Å²) in [5.41, 5.74) is 0.879. The van der Waals surface area contributed by atoms with Crippen molar-refractivity contribution in [3.63, 3.8) is 0 Å². The van der Waals surface area contributed by atoms with Crippen molar-refractivity contribution >= 4 is 29.3 Å². The molecular weight excluding hydrogens is 474 g/mol. The SMILES string of the molecule is COC(=O)C(=C=C([O-])OC)C(C(=O)OC)/C(C(=O)OC)=C(/C(=O)c1ccccc1)c1[nH+]c(C)c(C)o1. The van der Waals surface area contributed by atoms with E-state index < -0.39 is 52.3 Å². The number of H-pyrrole nitrogens is 1. The number of methoxy groups -OCH3 is 4. The van der Waals surface area contributed by atoms with Gasteiger partial charge in [0.15, 0.2) is 5.76 Å². The van der Waals surface area contributed by atoms with Crippen LogP contribution in [-0.2, 0) is 33.3 Å². The van der Waals surface area contributed by atoms with E-state index in [-0.39, 0.29) is 11.5 Å². The summed E-state index contributed by atoms with van der Waals surface area (Å²) in [4.78, 5) is 55.5. The van der Waals surface area contributed by atoms with Crippen molar-refractivity contribution in [3.05, 3.63) is 76.1 Å². The van der Waals surface area contributed by atoms with Crippen molar-refractivity contribution in [1.82, 2.24) is 0 Å². The van der Waals surface area contributed by atoms with Crippen LogP contribution in [0.3, 0.4) is 0 Å². The Balaban J connectivity index is 3.14. The molecule has 0 bridgehead atoms. The number of carbonyl (C=O) groups is 4. The number of ketones is 1. The third-order valence-electron chi connectivity index (χ3n) is 5.09. The highest BCUT2D eigenvalue weighted by molar-refractivity contribution is 6.32. The van der Waals surface area contributed by atoms with E-state index in [4.69, 9.17) is 18.6 Å². The van der Waals surface area contributed by atoms with Gasteiger partial charge in [-0.25, -0.2) is 9.59 Å². The summed E-state index contributed by atoms with van der Waals surface area (Å²) in [5, 5.41) is 12.0. The zero-order chi connectivity index (χ0) is 27.0. The quantitative estimate of drug-likeness (QED) is 0.121. The van der Waals surface area contributed by atoms with Crippen molar-refractivity contribution in [2.45, 2.75) is 13.8 Å². The van der Waals surface area contributed by atoms with Gasteiger partial charge in [0.05, 0.1) is 38.4 Å². The highest BCUT2D eigenvalue weighted by atomic mass is 16.6. The van der Waals surface area contributed by atoms with Crippen LogP contribution in [0, 0.1) is 19.8 Å². The number of rotatable bonds is 9. The van der Waals surface area contributed by atoms with Crippen LogP contribution >= 0.6 is 0 Å². The van der Waals surface area contributed by atoms with Crippen LogP contribution < -0.4 is 10.1 Å². The lowest BCUT2D eigenvalue weighted by Gasteiger charge is -2.19. The number of benzene rings is 1. The topological polar surface area (TPSA) is 156 Å². The summed E-state index contributed by atoms with van der Waals surface area (Å²) in [7, 11) is 4.00. The molecule has 0 amide bonds. The van der Waals surface area contributed by atoms with Gasteiger partial charge in [-0.15, -0.1) is 0 Å². The zero-order valence-corrected chi connectivity index (χ0v) is 20.5. The van der Waals surface area contributed by atoms with Gasteiger partial charge in [-0.05, 0) is 7.11 Å². The molecule has 0 spiro atoms. The second kappa shape index (κ2) is 12.2. The van der Waals surface area contributed by atoms with E-state index in [0.29, 0.717) is 11.5 Å². The van der Waals surface area contributed by atoms with E-state index in [0.717, 1.165) is 28.4 Å². The minimum Gasteiger partial charge on any atom is -0.611 e. The van der Waals surface area contributed by atoms with Crippen LogP contribution in [0.1, 0.15) is 27.7 Å². The molecule has 36 heavy (non-hydrogen) atoms. The summed E-state index contributed by atoms with van der Waals surface area (Å²) in [5.74, 6) is -7.29. The summed E-state index contributed by atoms with van der Waals surface area (Å²) >= 11 is 0. The number of carbonyl (C=O) groups excluding carboxylic acids is 4. The van der Waals surface area contributed by atoms with E-state index >= 15 is 0 Å². The second-order valence-electron chi connectivity index (χ2n) is 7.19. The molecule has 11 nitrogen and oxygen atoms in total. The first-order chi connectivity index (χ1) is 17.1. The Bertz CT molecular complexity index is 1240. The Kier molecular flexibility index (Phi) is 9.35. The van der Waals surface area contributed by atoms with Crippen LogP contribution in [0.2, 0.25) is 0 Å². The van der Waals surface area contributed by atoms with Crippen LogP contribution in [0.4, 0.5) is 0 Å². The van der Waals surface area contributed by atoms with E-state index in [1.54, 1.807) is 32.0 Å². The number of aryl methyl sites for hydroxylation is 2. The molecule has 2 rings (SSSR count). The molecule has 0 aliphatic heterocycles. The predicted octanol–water partition coefficient (Wildman–Crippen LogP) is 0.856. The Labute approximate surface area is 206 Å². The fraction of sp³-hybridized carbons (Fsp3) is 0.280. The smallest absolute Gasteiger partial charge is 0.383 e. The van der Waals surface area contributed by atoms with Gasteiger partial charge >= 0.3 is 23.8 Å². The van der Waals surface area contributed by atoms with E-state index in [9.17, 15) is 24.3 Å². The molecule has 0 aliphatic rings. The maximum atomic E-state index is 13.7. The average Bonchev–Trinajstić information content (AvgIpc) is 3.23. The summed E-state index contributed by atoms with van der Waals surface area (Å²) in [6.45, 7) is 3.27. The molecule has 11 heteroatoms. The largest absolute Gasteiger partial charge is 0.611 e. The van der Waals surface area contributed by atoms with E-state index in [2.05, 4.69) is 15.5 Å². The highest BCUT2D eigenvalue weighted by Gasteiger charge is 2.43. The molecule has 0 fully saturated rings. The highest BCUT2D eigenvalue weighted by Crippen LogP contribution is 2.33. The minimum absolute atomic E-state index is 0.123. The van der Waals surface area contributed by atoms with Crippen LogP contribution in [0.25, 0.3) is 5.57 Å². The summed E-state index contributed by atoms with van der Waals surface area (Å²) in [6.07, 6.45) is 0. The molecular formula is C25H25NO10. The van der Waals surface area contributed by atoms with Crippen molar-refractivity contribution in [2.24, 2.45) is 5.92 Å². The molecule has 190 valence electrons. The number of oxazole rings is 1. The Morgan fingerprint density at radius 2 is 1.53 bits per heavy atom. The number of hydrogen-bond donors (Lipinski definition) is 0. The maximum absolute atomic E-state index is 13.7. The molecule has 1 aromatic carbocycles. The third-order valence-corrected chi connectivity index (χ3v) is 5.09. The van der Waals surface area contributed by atoms with Gasteiger partial charge in [0.25, 0.3) is 0 Å². The number of aromatic amines is 1. The van der Waals surface area contributed by atoms with Crippen LogP contribution in [-0.4, -0.2) is 52.1 Å². The lowest BCUT2D eigenvalue weighted by molar-refractivity contribution is -0.396. The first-order valence-corrected chi connectivity index (χ1v) is 10.4. The molecule has 0 saturated carbocycles. The fourth-order valence-corrected chi connectivity index (χ4v) is 3.19. The molecule has 1 atom stereocenters. The van der Waals surface area contributed by atoms with Gasteiger partial charge in [0, 0.05) is 19.4 Å². The molecule has 1 aromatic heterocycles. The Morgan fingerprint density at radius 1 is 0.917 bits per heavy atom. The van der Waals surface area contributed by atoms with Crippen LogP contribution in [0.15, 0.2) is 57.6 Å². The Hall–Kier alpha value is -4.63. The first-order valence-electron chi connectivity index (χ1n) is 10.4. The number of hydrogen-bond acceptors (Lipinski definition) is 10. The van der Waals surface area contributed by atoms with Gasteiger partial charge in [-0.2, -0.15) is 4.98 Å². The number of ether oxygens (including phenoxy) is 4. The fourth-order valence-electron chi connectivity index (χ4n) is 3.19. The Morgan fingerprint density at radius 3 is 2.00 bits per heavy atom. The maximum Gasteiger partial charge on any atom is 0.383 e. The minimum atomic E-state index is -1.99. The molecule has 0 aliphatic carbocycles. The average molecular weight is 499 g/mol. The van der Waals surface area contributed by atoms with E-state index in [1.165, 1.54) is 12.1 Å². The van der Waals surface area contributed by atoms with Crippen molar-refractivity contribution in [3.8, 4) is 0 Å². The van der Waals surface area contributed by atoms with Gasteiger partial charge in [0.1, 0.15) is 11.5 Å². The monoisotopic (exact) mass is 499 g/mol. The van der Waals surface area contributed by atoms with E-state index in [1.807, 2.05) is 0 Å². The third kappa shape index (κ3) is 5.89. The second-order valence-corrected chi connectivity index (χ2v) is 7.19.